The summed E-state index contributed by atoms with van der Waals surface area (Å²) in [6, 6.07) is 14.2. The Morgan fingerprint density at radius 1 is 1.10 bits per heavy atom. The van der Waals surface area contributed by atoms with Gasteiger partial charge in [-0.15, -0.1) is 10.2 Å². The number of hydrogen-bond acceptors (Lipinski definition) is 8. The first-order chi connectivity index (χ1) is 15.2. The van der Waals surface area contributed by atoms with E-state index in [9.17, 15) is 0 Å². The maximum absolute atomic E-state index is 6.38. The van der Waals surface area contributed by atoms with Crippen LogP contribution in [0.1, 0.15) is 32.6 Å². The van der Waals surface area contributed by atoms with E-state index in [-0.39, 0.29) is 0 Å². The van der Waals surface area contributed by atoms with Crippen LogP contribution in [-0.2, 0) is 0 Å². The Hall–Kier alpha value is -3.00. The second-order valence-electron chi connectivity index (χ2n) is 6.97. The molecule has 2 heterocycles. The fourth-order valence-corrected chi connectivity index (χ4v) is 4.18. The summed E-state index contributed by atoms with van der Waals surface area (Å²) in [6.45, 7) is 8.21. The maximum Gasteiger partial charge on any atom is 0.247 e. The number of thioether (sulfide) groups is 1. The average molecular weight is 438 g/mol. The predicted octanol–water partition coefficient (Wildman–Crippen LogP) is 5.01. The third kappa shape index (κ3) is 4.25. The molecule has 2 aromatic carbocycles. The molecule has 1 aliphatic rings. The number of rotatable bonds is 7. The second-order valence-corrected chi connectivity index (χ2v) is 8.20. The van der Waals surface area contributed by atoms with E-state index in [4.69, 9.17) is 9.47 Å². The van der Waals surface area contributed by atoms with E-state index < -0.39 is 6.23 Å². The molecule has 0 radical (unpaired) electrons. The van der Waals surface area contributed by atoms with Crippen LogP contribution in [0.4, 0.5) is 11.4 Å². The van der Waals surface area contributed by atoms with Crippen molar-refractivity contribution in [1.82, 2.24) is 15.2 Å². The molecule has 8 heteroatoms. The van der Waals surface area contributed by atoms with Gasteiger partial charge in [0.25, 0.3) is 0 Å². The van der Waals surface area contributed by atoms with Crippen LogP contribution in [0.3, 0.4) is 0 Å². The molecule has 7 nitrogen and oxygen atoms in total. The van der Waals surface area contributed by atoms with Gasteiger partial charge in [0.1, 0.15) is 5.75 Å². The zero-order valence-corrected chi connectivity index (χ0v) is 19.1. The molecule has 0 aliphatic carbocycles. The molecular weight excluding hydrogens is 410 g/mol. The lowest BCUT2D eigenvalue weighted by molar-refractivity contribution is 0.220. The highest BCUT2D eigenvalue weighted by molar-refractivity contribution is 7.99. The van der Waals surface area contributed by atoms with Crippen LogP contribution >= 0.6 is 11.8 Å². The molecule has 1 aliphatic heterocycles. The van der Waals surface area contributed by atoms with Crippen LogP contribution < -0.4 is 19.7 Å². The van der Waals surface area contributed by atoms with Gasteiger partial charge in [0.15, 0.2) is 5.69 Å². The van der Waals surface area contributed by atoms with Crippen molar-refractivity contribution in [3.05, 3.63) is 48.0 Å². The van der Waals surface area contributed by atoms with Crippen molar-refractivity contribution in [1.29, 1.82) is 0 Å². The standard InChI is InChI=1S/C23H27N5O2S/c1-5-28(6-2)15-12-13-17(19(14-15)29-4)21-24-18-11-9-8-10-16(18)20-22(30-21)25-23(27-26-20)31-7-3/h8-14,21,24H,5-7H2,1-4H3. The number of nitrogens with one attached hydrogen (secondary N) is 1. The van der Waals surface area contributed by atoms with Gasteiger partial charge in [-0.3, -0.25) is 0 Å². The number of hydrogen-bond donors (Lipinski definition) is 1. The molecule has 0 saturated carbocycles. The van der Waals surface area contributed by atoms with E-state index >= 15 is 0 Å². The van der Waals surface area contributed by atoms with Crippen molar-refractivity contribution in [2.45, 2.75) is 32.2 Å². The van der Waals surface area contributed by atoms with E-state index in [1.807, 2.05) is 30.3 Å². The van der Waals surface area contributed by atoms with E-state index in [1.165, 1.54) is 11.8 Å². The minimum Gasteiger partial charge on any atom is -0.496 e. The van der Waals surface area contributed by atoms with E-state index in [1.54, 1.807) is 7.11 Å². The molecule has 0 saturated heterocycles. The number of fused-ring (bicyclic) bond motifs is 3. The number of para-hydroxylation sites is 1. The van der Waals surface area contributed by atoms with E-state index in [2.05, 4.69) is 58.3 Å². The predicted molar refractivity (Wildman–Crippen MR) is 125 cm³/mol. The number of ether oxygens (including phenoxy) is 2. The Labute approximate surface area is 187 Å². The summed E-state index contributed by atoms with van der Waals surface area (Å²) in [5.41, 5.74) is 4.46. The molecule has 0 amide bonds. The van der Waals surface area contributed by atoms with Crippen LogP contribution in [0.15, 0.2) is 47.6 Å². The highest BCUT2D eigenvalue weighted by Gasteiger charge is 2.28. The largest absolute Gasteiger partial charge is 0.496 e. The summed E-state index contributed by atoms with van der Waals surface area (Å²) >= 11 is 1.54. The van der Waals surface area contributed by atoms with Crippen LogP contribution in [0.2, 0.25) is 0 Å². The Morgan fingerprint density at radius 2 is 1.90 bits per heavy atom. The van der Waals surface area contributed by atoms with Crippen LogP contribution in [0.5, 0.6) is 11.6 Å². The molecule has 1 atom stereocenters. The lowest BCUT2D eigenvalue weighted by Crippen LogP contribution is -2.22. The normalized spacial score (nSPS) is 14.5. The van der Waals surface area contributed by atoms with Gasteiger partial charge in [-0.2, -0.15) is 4.98 Å². The van der Waals surface area contributed by atoms with Gasteiger partial charge < -0.3 is 19.7 Å². The van der Waals surface area contributed by atoms with Gasteiger partial charge in [0.2, 0.25) is 17.3 Å². The van der Waals surface area contributed by atoms with Crippen LogP contribution in [-0.4, -0.2) is 41.1 Å². The highest BCUT2D eigenvalue weighted by atomic mass is 32.2. The maximum atomic E-state index is 6.38. The van der Waals surface area contributed by atoms with Crippen molar-refractivity contribution in [2.24, 2.45) is 0 Å². The monoisotopic (exact) mass is 437 g/mol. The van der Waals surface area contributed by atoms with Crippen molar-refractivity contribution < 1.29 is 9.47 Å². The van der Waals surface area contributed by atoms with Gasteiger partial charge in [-0.25, -0.2) is 0 Å². The first-order valence-corrected chi connectivity index (χ1v) is 11.5. The molecule has 1 unspecified atom stereocenters. The fourth-order valence-electron chi connectivity index (χ4n) is 3.68. The van der Waals surface area contributed by atoms with E-state index in [0.29, 0.717) is 16.7 Å². The summed E-state index contributed by atoms with van der Waals surface area (Å²) in [7, 11) is 1.68. The Bertz CT molecular complexity index is 1060. The molecule has 1 aromatic heterocycles. The summed E-state index contributed by atoms with van der Waals surface area (Å²) in [5.74, 6) is 2.08. The number of nitrogens with zero attached hydrogens (tertiary/aromatic N) is 4. The molecular formula is C23H27N5O2S. The van der Waals surface area contributed by atoms with Gasteiger partial charge in [-0.05, 0) is 37.8 Å². The first-order valence-electron chi connectivity index (χ1n) is 10.5. The zero-order chi connectivity index (χ0) is 21.8. The third-order valence-electron chi connectivity index (χ3n) is 5.24. The lowest BCUT2D eigenvalue weighted by Gasteiger charge is -2.25. The molecule has 1 N–H and O–H groups in total. The minimum absolute atomic E-state index is 0.461. The SMILES string of the molecule is CCSc1nnc2c(n1)OC(c1ccc(N(CC)CC)cc1OC)Nc1ccccc1-2. The van der Waals surface area contributed by atoms with Gasteiger partial charge in [0, 0.05) is 36.1 Å². The van der Waals surface area contributed by atoms with Crippen LogP contribution in [0.25, 0.3) is 11.3 Å². The Morgan fingerprint density at radius 3 is 2.65 bits per heavy atom. The summed E-state index contributed by atoms with van der Waals surface area (Å²) in [6.07, 6.45) is -0.487. The topological polar surface area (TPSA) is 72.4 Å². The van der Waals surface area contributed by atoms with Crippen molar-refractivity contribution in [3.63, 3.8) is 0 Å². The molecule has 162 valence electrons. The van der Waals surface area contributed by atoms with Crippen molar-refractivity contribution in [2.75, 3.05) is 36.2 Å². The number of aromatic nitrogens is 3. The Balaban J connectivity index is 1.79. The molecule has 3 aromatic rings. The molecule has 31 heavy (non-hydrogen) atoms. The van der Waals surface area contributed by atoms with E-state index in [0.717, 1.165) is 47.1 Å². The average Bonchev–Trinajstić information content (AvgIpc) is 2.96. The van der Waals surface area contributed by atoms with Crippen molar-refractivity contribution >= 4 is 23.1 Å². The van der Waals surface area contributed by atoms with Gasteiger partial charge >= 0.3 is 0 Å². The van der Waals surface area contributed by atoms with Gasteiger partial charge in [-0.1, -0.05) is 36.9 Å². The fraction of sp³-hybridized carbons (Fsp3) is 0.348. The number of methoxy groups -OCH3 is 1. The number of benzene rings is 2. The smallest absolute Gasteiger partial charge is 0.247 e. The van der Waals surface area contributed by atoms with Gasteiger partial charge in [0.05, 0.1) is 12.7 Å². The molecule has 4 rings (SSSR count). The minimum atomic E-state index is -0.487. The third-order valence-corrected chi connectivity index (χ3v) is 5.95. The first kappa shape index (κ1) is 21.2. The summed E-state index contributed by atoms with van der Waals surface area (Å²) in [4.78, 5) is 6.92. The highest BCUT2D eigenvalue weighted by Crippen LogP contribution is 2.41. The summed E-state index contributed by atoms with van der Waals surface area (Å²) in [5, 5.41) is 12.8. The lowest BCUT2D eigenvalue weighted by atomic mass is 10.1. The quantitative estimate of drug-likeness (QED) is 0.517. The number of anilines is 2. The molecule has 0 fully saturated rings. The summed E-state index contributed by atoms with van der Waals surface area (Å²) < 4.78 is 12.1. The van der Waals surface area contributed by atoms with Crippen molar-refractivity contribution in [3.8, 4) is 22.9 Å². The zero-order valence-electron chi connectivity index (χ0n) is 18.3. The molecule has 0 bridgehead atoms. The second kappa shape index (κ2) is 9.43. The molecule has 0 spiro atoms. The van der Waals surface area contributed by atoms with Crippen LogP contribution in [0, 0.1) is 0 Å². The Kier molecular flexibility index (Phi) is 6.46.